The molecule has 1 spiro atoms. The minimum Gasteiger partial charge on any atom is -0.508 e. The number of phenolic OH excluding ortho intramolecular Hbond substituents is 2. The molecule has 22 nitrogen and oxygen atoms in total. The van der Waals surface area contributed by atoms with Crippen molar-refractivity contribution in [3.8, 4) is 40.1 Å². The number of ether oxygens (including phenoxy) is 4. The Kier molecular flexibility index (Phi) is 12.2. The highest BCUT2D eigenvalue weighted by molar-refractivity contribution is 5.90. The Hall–Kier alpha value is -7.64. The Morgan fingerprint density at radius 1 is 0.975 bits per heavy atom. The van der Waals surface area contributed by atoms with Gasteiger partial charge in [-0.05, 0) is 121 Å². The first-order valence-electron chi connectivity index (χ1n) is 27.0. The first-order chi connectivity index (χ1) is 38.8. The van der Waals surface area contributed by atoms with Gasteiger partial charge in [0.15, 0.2) is 34.7 Å². The van der Waals surface area contributed by atoms with Crippen LogP contribution < -0.4 is 47.1 Å². The summed E-state index contributed by atoms with van der Waals surface area (Å²) in [4.78, 5) is 31.1. The minimum absolute atomic E-state index is 0.0195. The van der Waals surface area contributed by atoms with Gasteiger partial charge in [0.05, 0.1) is 12.0 Å². The van der Waals surface area contributed by atoms with E-state index in [2.05, 4.69) is 27.0 Å². The smallest absolute Gasteiger partial charge is 0.336 e. The molecule has 13 unspecified atom stereocenters. The SMILES string of the molecule is CCc1cc(O)cc(C(O)Oc2c(OC3OC(C(=O)O)C4(O)C(O)C3(O)C=C3C4(C4CNCN4)C=CC45C=CC6=C(N)NCC7=C6C34C(CC7)CC5)cc3oc(-c4ccc(OC(CO)C(O)c5ccc(N)[nH]5)cc4)cc(=O)c3c2O)c1. The Labute approximate surface area is 461 Å². The van der Waals surface area contributed by atoms with Crippen LogP contribution >= 0.6 is 0 Å². The first kappa shape index (κ1) is 52.7. The molecular formula is C59H62N6O16. The normalized spacial score (nSPS) is 32.5. The van der Waals surface area contributed by atoms with Crippen molar-refractivity contribution in [3.63, 3.8) is 0 Å². The van der Waals surface area contributed by atoms with E-state index in [1.54, 1.807) is 24.3 Å². The van der Waals surface area contributed by atoms with Crippen LogP contribution in [0.4, 0.5) is 5.82 Å². The number of nitrogens with one attached hydrogen (secondary N) is 4. The molecule has 5 aromatic rings. The highest BCUT2D eigenvalue weighted by atomic mass is 16.7. The summed E-state index contributed by atoms with van der Waals surface area (Å²) in [5, 5.41) is 117. The third kappa shape index (κ3) is 7.38. The molecule has 2 aromatic heterocycles. The van der Waals surface area contributed by atoms with Gasteiger partial charge >= 0.3 is 5.97 Å². The van der Waals surface area contributed by atoms with E-state index in [1.807, 2.05) is 19.1 Å². The number of aromatic hydroxyl groups is 2. The van der Waals surface area contributed by atoms with Gasteiger partial charge in [-0.15, -0.1) is 0 Å². The van der Waals surface area contributed by atoms with Gasteiger partial charge in [-0.1, -0.05) is 31.2 Å². The second-order valence-corrected chi connectivity index (χ2v) is 22.5. The number of rotatable bonds is 14. The monoisotopic (exact) mass is 1110 g/mol. The largest absolute Gasteiger partial charge is 0.508 e. The number of aliphatic hydroxyl groups excluding tert-OH is 4. The lowest BCUT2D eigenvalue weighted by Gasteiger charge is -2.70. The van der Waals surface area contributed by atoms with E-state index in [9.17, 15) is 55.5 Å². The zero-order chi connectivity index (χ0) is 56.7. The number of nitrogens with two attached hydrogens (primary N) is 2. The van der Waals surface area contributed by atoms with Crippen molar-refractivity contribution in [2.45, 2.75) is 93.3 Å². The van der Waals surface area contributed by atoms with Crippen molar-refractivity contribution in [3.05, 3.63) is 152 Å². The molecule has 3 aliphatic heterocycles. The van der Waals surface area contributed by atoms with E-state index in [0.717, 1.165) is 41.7 Å². The lowest BCUT2D eigenvalue weighted by atomic mass is 9.36. The van der Waals surface area contributed by atoms with Gasteiger partial charge in [0.2, 0.25) is 18.3 Å². The fraction of sp³-hybridized carbons (Fsp3) is 0.390. The molecule has 13 rings (SSSR count). The molecule has 3 aromatic carbocycles. The van der Waals surface area contributed by atoms with Crippen molar-refractivity contribution >= 4 is 22.8 Å². The number of anilines is 1. The third-order valence-corrected chi connectivity index (χ3v) is 18.5. The molecule has 0 amide bonds. The Morgan fingerprint density at radius 3 is 2.49 bits per heavy atom. The number of dihydropyridines is 1. The van der Waals surface area contributed by atoms with Gasteiger partial charge in [-0.2, -0.15) is 0 Å². The Morgan fingerprint density at radius 2 is 1.78 bits per heavy atom. The molecule has 8 aliphatic rings. The van der Waals surface area contributed by atoms with E-state index < -0.39 is 111 Å². The predicted octanol–water partition coefficient (Wildman–Crippen LogP) is 2.73. The third-order valence-electron chi connectivity index (χ3n) is 18.5. The van der Waals surface area contributed by atoms with Crippen LogP contribution in [0.25, 0.3) is 22.3 Å². The molecule has 22 heteroatoms. The molecular weight excluding hydrogens is 1050 g/mol. The van der Waals surface area contributed by atoms with Gasteiger partial charge in [-0.3, -0.25) is 10.1 Å². The van der Waals surface area contributed by atoms with E-state index >= 15 is 0 Å². The number of benzene rings is 3. The van der Waals surface area contributed by atoms with Crippen LogP contribution in [-0.2, 0) is 16.0 Å². The number of aliphatic hydroxyl groups is 6. The number of carbonyl (C=O) groups is 1. The summed E-state index contributed by atoms with van der Waals surface area (Å²) in [7, 11) is 0. The van der Waals surface area contributed by atoms with Gasteiger partial charge in [0, 0.05) is 71.2 Å². The number of aromatic amines is 1. The van der Waals surface area contributed by atoms with Crippen LogP contribution in [0.15, 0.2) is 134 Å². The Balaban J connectivity index is 0.967. The van der Waals surface area contributed by atoms with Crippen LogP contribution in [-0.4, -0.2) is 125 Å². The van der Waals surface area contributed by atoms with Crippen molar-refractivity contribution in [1.29, 1.82) is 0 Å². The number of allylic oxidation sites excluding steroid dienone is 5. The van der Waals surface area contributed by atoms with Crippen LogP contribution in [0.1, 0.15) is 61.8 Å². The van der Waals surface area contributed by atoms with Gasteiger partial charge in [0.25, 0.3) is 0 Å². The summed E-state index contributed by atoms with van der Waals surface area (Å²) in [6, 6.07) is 14.9. The molecule has 17 N–H and O–H groups in total. The summed E-state index contributed by atoms with van der Waals surface area (Å²) in [6.45, 7) is 2.17. The molecule has 1 saturated carbocycles. The first-order valence-corrected chi connectivity index (χ1v) is 27.0. The zero-order valence-electron chi connectivity index (χ0n) is 43.8. The summed E-state index contributed by atoms with van der Waals surface area (Å²) in [5.74, 6) is -3.36. The second kappa shape index (κ2) is 18.7. The standard InChI is InChI=1S/C59H62N6O16/c1-2-27-17-30(19-32(67)18-27)52(73)80-48-39(21-38-44(47(48)70)36(68)20-37(78-38)28-4-7-33(8-5-28)77-40(25-66)46(69)35-9-10-43(60)65-35)79-54-57(75)22-41-56(42-24-62-26-64-42,59(76,53(57)74)49(81-54)51(71)72)16-15-55-13-11-31-6-3-29-23-63-50(61)34(12-14-55)45(29)58(31,41)55/h4-5,7-10,12,14-22,31,40,42,46,49,52-54,62-67,69-70,73-76H,2-3,6,11,13,23-26,60-61H2,1H3,(H,71,72). The van der Waals surface area contributed by atoms with Crippen molar-refractivity contribution in [2.24, 2.45) is 27.9 Å². The van der Waals surface area contributed by atoms with Crippen molar-refractivity contribution in [1.82, 2.24) is 20.9 Å². The number of carboxylic acids is 1. The average Bonchev–Trinajstić information content (AvgIpc) is 3.53. The fourth-order valence-corrected chi connectivity index (χ4v) is 14.9. The number of carboxylic acid groups (broad SMARTS) is 1. The molecule has 5 aliphatic carbocycles. The number of phenols is 2. The summed E-state index contributed by atoms with van der Waals surface area (Å²) in [6.07, 6.45) is 1.30. The number of aliphatic carboxylic acids is 1. The van der Waals surface area contributed by atoms with E-state index in [-0.39, 0.29) is 47.5 Å². The summed E-state index contributed by atoms with van der Waals surface area (Å²) in [5.41, 5.74) is 6.62. The summed E-state index contributed by atoms with van der Waals surface area (Å²) >= 11 is 0. The highest BCUT2D eigenvalue weighted by Crippen LogP contribution is 2.79. The van der Waals surface area contributed by atoms with E-state index in [4.69, 9.17) is 34.8 Å². The molecule has 2 saturated heterocycles. The van der Waals surface area contributed by atoms with E-state index in [1.165, 1.54) is 42.5 Å². The Bertz CT molecular complexity index is 3660. The average molecular weight is 1110 g/mol. The van der Waals surface area contributed by atoms with Crippen molar-refractivity contribution < 1.29 is 74.1 Å². The topological polar surface area (TPSA) is 370 Å². The maximum Gasteiger partial charge on any atom is 0.336 e. The number of hydrogen-bond donors (Lipinski definition) is 15. The van der Waals surface area contributed by atoms with Crippen LogP contribution in [0.3, 0.4) is 0 Å². The fourth-order valence-electron chi connectivity index (χ4n) is 14.9. The molecule has 0 radical (unpaired) electrons. The summed E-state index contributed by atoms with van der Waals surface area (Å²) < 4.78 is 31.3. The molecule has 13 atom stereocenters. The lowest BCUT2D eigenvalue weighted by molar-refractivity contribution is -0.355. The maximum atomic E-state index is 14.3. The minimum atomic E-state index is -2.85. The number of H-pyrrole nitrogens is 1. The maximum absolute atomic E-state index is 14.3. The number of fused-ring (bicyclic) bond motifs is 5. The predicted molar refractivity (Wildman–Crippen MR) is 289 cm³/mol. The zero-order valence-corrected chi connectivity index (χ0v) is 43.8. The number of nitrogen functional groups attached to an aromatic ring is 1. The van der Waals surface area contributed by atoms with E-state index in [0.29, 0.717) is 59.8 Å². The van der Waals surface area contributed by atoms with Crippen LogP contribution in [0, 0.1) is 22.2 Å². The molecule has 424 valence electrons. The van der Waals surface area contributed by atoms with Crippen molar-refractivity contribution in [2.75, 3.05) is 32.1 Å². The lowest BCUT2D eigenvalue weighted by Crippen LogP contribution is -2.84. The highest BCUT2D eigenvalue weighted by Gasteiger charge is 2.82. The van der Waals surface area contributed by atoms with Crippen LogP contribution in [0.2, 0.25) is 0 Å². The molecule has 3 fully saturated rings. The van der Waals surface area contributed by atoms with Gasteiger partial charge < -0.3 is 96.4 Å². The molecule has 2 bridgehead atoms. The number of aromatic nitrogens is 1. The number of aryl methyl sites for hydroxylation is 1. The molecule has 81 heavy (non-hydrogen) atoms. The van der Waals surface area contributed by atoms with Crippen LogP contribution in [0.5, 0.6) is 28.7 Å². The number of hydrogen-bond acceptors (Lipinski definition) is 20. The van der Waals surface area contributed by atoms with Gasteiger partial charge in [0.1, 0.15) is 57.7 Å². The quantitative estimate of drug-likeness (QED) is 0.0561. The second-order valence-electron chi connectivity index (χ2n) is 22.5. The molecule has 5 heterocycles. The van der Waals surface area contributed by atoms with Gasteiger partial charge in [-0.25, -0.2) is 4.79 Å².